The summed E-state index contributed by atoms with van der Waals surface area (Å²) in [6.45, 7) is 6.00. The normalized spacial score (nSPS) is 20.9. The SMILES string of the molecule is CCOC(=O)[C@@H]1CCC[NH+]([C@@H](C)c2nc3scc(-c4cccs4)c3c(=O)[nH]2)C1. The maximum atomic E-state index is 12.9. The number of rotatable bonds is 5. The van der Waals surface area contributed by atoms with Crippen LogP contribution >= 0.6 is 22.7 Å². The molecule has 28 heavy (non-hydrogen) atoms. The van der Waals surface area contributed by atoms with Crippen molar-refractivity contribution < 1.29 is 14.4 Å². The summed E-state index contributed by atoms with van der Waals surface area (Å²) in [4.78, 5) is 35.9. The number of likely N-dealkylation sites (tertiary alicyclic amines) is 1. The molecule has 0 aromatic carbocycles. The largest absolute Gasteiger partial charge is 0.466 e. The zero-order valence-electron chi connectivity index (χ0n) is 16.0. The van der Waals surface area contributed by atoms with Gasteiger partial charge in [-0.3, -0.25) is 9.59 Å². The summed E-state index contributed by atoms with van der Waals surface area (Å²) in [5.41, 5.74) is 0.866. The molecule has 4 rings (SSSR count). The Kier molecular flexibility index (Phi) is 5.61. The van der Waals surface area contributed by atoms with Gasteiger partial charge in [0.15, 0.2) is 5.82 Å². The monoisotopic (exact) mass is 418 g/mol. The summed E-state index contributed by atoms with van der Waals surface area (Å²) >= 11 is 3.13. The van der Waals surface area contributed by atoms with Gasteiger partial charge in [-0.2, -0.15) is 0 Å². The molecular weight excluding hydrogens is 394 g/mol. The van der Waals surface area contributed by atoms with E-state index in [4.69, 9.17) is 9.72 Å². The van der Waals surface area contributed by atoms with Gasteiger partial charge < -0.3 is 14.6 Å². The molecule has 1 fully saturated rings. The lowest BCUT2D eigenvalue weighted by atomic mass is 9.97. The van der Waals surface area contributed by atoms with Crippen molar-refractivity contribution in [2.75, 3.05) is 19.7 Å². The number of fused-ring (bicyclic) bond motifs is 1. The number of carbonyl (C=O) groups is 1. The number of H-pyrrole nitrogens is 1. The van der Waals surface area contributed by atoms with Crippen LogP contribution in [0, 0.1) is 5.92 Å². The number of ether oxygens (including phenoxy) is 1. The summed E-state index contributed by atoms with van der Waals surface area (Å²) in [6.07, 6.45) is 1.84. The minimum absolute atomic E-state index is 0.0154. The zero-order chi connectivity index (χ0) is 19.7. The fraction of sp³-hybridized carbons (Fsp3) is 0.450. The quantitative estimate of drug-likeness (QED) is 0.625. The molecule has 0 saturated carbocycles. The van der Waals surface area contributed by atoms with Crippen molar-refractivity contribution in [2.45, 2.75) is 32.7 Å². The van der Waals surface area contributed by atoms with Gasteiger partial charge in [0.2, 0.25) is 0 Å². The summed E-state index contributed by atoms with van der Waals surface area (Å²) in [5, 5.41) is 4.69. The van der Waals surface area contributed by atoms with Crippen molar-refractivity contribution in [3.05, 3.63) is 39.1 Å². The van der Waals surface area contributed by atoms with E-state index < -0.39 is 0 Å². The molecule has 3 aromatic heterocycles. The molecule has 3 atom stereocenters. The Morgan fingerprint density at radius 1 is 1.46 bits per heavy atom. The van der Waals surface area contributed by atoms with Gasteiger partial charge in [-0.25, -0.2) is 4.98 Å². The topological polar surface area (TPSA) is 76.5 Å². The highest BCUT2D eigenvalue weighted by molar-refractivity contribution is 7.18. The minimum Gasteiger partial charge on any atom is -0.466 e. The van der Waals surface area contributed by atoms with Gasteiger partial charge in [0.1, 0.15) is 16.8 Å². The first-order chi connectivity index (χ1) is 13.6. The summed E-state index contributed by atoms with van der Waals surface area (Å²) in [7, 11) is 0. The lowest BCUT2D eigenvalue weighted by Crippen LogP contribution is -3.13. The van der Waals surface area contributed by atoms with E-state index in [1.165, 1.54) is 16.2 Å². The molecule has 1 aliphatic heterocycles. The van der Waals surface area contributed by atoms with E-state index in [1.807, 2.05) is 29.8 Å². The lowest BCUT2D eigenvalue weighted by molar-refractivity contribution is -0.937. The van der Waals surface area contributed by atoms with Crippen LogP contribution in [0.25, 0.3) is 20.7 Å². The van der Waals surface area contributed by atoms with Gasteiger partial charge in [-0.15, -0.1) is 22.7 Å². The second-order valence-electron chi connectivity index (χ2n) is 7.18. The molecule has 0 bridgehead atoms. The Labute approximate surface area is 171 Å². The Hall–Kier alpha value is -2.03. The van der Waals surface area contributed by atoms with Crippen molar-refractivity contribution in [1.82, 2.24) is 9.97 Å². The maximum Gasteiger partial charge on any atom is 0.314 e. The van der Waals surface area contributed by atoms with E-state index in [-0.39, 0.29) is 23.5 Å². The summed E-state index contributed by atoms with van der Waals surface area (Å²) in [6, 6.07) is 4.03. The van der Waals surface area contributed by atoms with Crippen molar-refractivity contribution in [1.29, 1.82) is 0 Å². The van der Waals surface area contributed by atoms with Crippen LogP contribution in [0.2, 0.25) is 0 Å². The number of quaternary nitrogens is 1. The smallest absolute Gasteiger partial charge is 0.314 e. The fourth-order valence-electron chi connectivity index (χ4n) is 3.93. The Balaban J connectivity index is 1.60. The zero-order valence-corrected chi connectivity index (χ0v) is 17.6. The Bertz CT molecular complexity index is 1030. The predicted octanol–water partition coefficient (Wildman–Crippen LogP) is 2.63. The third-order valence-corrected chi connectivity index (χ3v) is 7.23. The second kappa shape index (κ2) is 8.14. The van der Waals surface area contributed by atoms with E-state index in [0.29, 0.717) is 24.4 Å². The second-order valence-corrected chi connectivity index (χ2v) is 8.99. The van der Waals surface area contributed by atoms with Crippen LogP contribution in [0.4, 0.5) is 0 Å². The first-order valence-electron chi connectivity index (χ1n) is 9.65. The molecule has 8 heteroatoms. The summed E-state index contributed by atoms with van der Waals surface area (Å²) < 4.78 is 5.21. The van der Waals surface area contributed by atoms with Gasteiger partial charge in [0.25, 0.3) is 5.56 Å². The van der Waals surface area contributed by atoms with E-state index in [0.717, 1.165) is 34.7 Å². The third-order valence-electron chi connectivity index (χ3n) is 5.45. The first kappa shape index (κ1) is 19.3. The number of nitrogens with zero attached hydrogens (tertiary/aromatic N) is 1. The number of nitrogens with one attached hydrogen (secondary N) is 2. The average molecular weight is 419 g/mol. The highest BCUT2D eigenvalue weighted by Gasteiger charge is 2.34. The molecule has 4 heterocycles. The highest BCUT2D eigenvalue weighted by atomic mass is 32.1. The molecule has 0 spiro atoms. The molecule has 2 N–H and O–H groups in total. The number of piperidine rings is 1. The molecule has 0 amide bonds. The molecule has 148 valence electrons. The number of esters is 1. The van der Waals surface area contributed by atoms with Crippen molar-refractivity contribution in [2.24, 2.45) is 5.92 Å². The van der Waals surface area contributed by atoms with Crippen LogP contribution in [0.5, 0.6) is 0 Å². The van der Waals surface area contributed by atoms with E-state index in [9.17, 15) is 9.59 Å². The van der Waals surface area contributed by atoms with Crippen LogP contribution in [0.3, 0.4) is 0 Å². The minimum atomic E-state index is -0.109. The van der Waals surface area contributed by atoms with Crippen molar-refractivity contribution in [3.63, 3.8) is 0 Å². The maximum absolute atomic E-state index is 12.9. The van der Waals surface area contributed by atoms with Gasteiger partial charge >= 0.3 is 5.97 Å². The van der Waals surface area contributed by atoms with Crippen molar-refractivity contribution >= 4 is 38.9 Å². The van der Waals surface area contributed by atoms with Gasteiger partial charge in [0, 0.05) is 15.8 Å². The third kappa shape index (κ3) is 3.64. The molecule has 0 aliphatic carbocycles. The van der Waals surface area contributed by atoms with Gasteiger partial charge in [-0.05, 0) is 38.1 Å². The van der Waals surface area contributed by atoms with Gasteiger partial charge in [0.05, 0.1) is 25.1 Å². The van der Waals surface area contributed by atoms with Crippen LogP contribution in [-0.4, -0.2) is 35.6 Å². The number of thiophene rings is 2. The van der Waals surface area contributed by atoms with Gasteiger partial charge in [-0.1, -0.05) is 6.07 Å². The van der Waals surface area contributed by atoms with Crippen LogP contribution in [0.15, 0.2) is 27.7 Å². The standard InChI is InChI=1S/C20H23N3O3S2/c1-3-26-20(25)13-6-4-8-23(10-13)12(2)17-21-18(24)16-14(11-28-19(16)22-17)15-7-5-9-27-15/h5,7,9,11-13H,3-4,6,8,10H2,1-2H3,(H,21,22,24)/p+1/t12-,13+/m0/s1. The molecule has 1 saturated heterocycles. The Morgan fingerprint density at radius 3 is 3.07 bits per heavy atom. The van der Waals surface area contributed by atoms with E-state index in [1.54, 1.807) is 11.3 Å². The highest BCUT2D eigenvalue weighted by Crippen LogP contribution is 2.33. The molecule has 1 aliphatic rings. The van der Waals surface area contributed by atoms with E-state index in [2.05, 4.69) is 11.9 Å². The van der Waals surface area contributed by atoms with Crippen LogP contribution in [-0.2, 0) is 9.53 Å². The number of aromatic nitrogens is 2. The molecule has 6 nitrogen and oxygen atoms in total. The van der Waals surface area contributed by atoms with Crippen LogP contribution < -0.4 is 10.5 Å². The molecule has 3 aromatic rings. The lowest BCUT2D eigenvalue weighted by Gasteiger charge is -2.32. The Morgan fingerprint density at radius 2 is 2.32 bits per heavy atom. The van der Waals surface area contributed by atoms with Crippen molar-refractivity contribution in [3.8, 4) is 10.4 Å². The fourth-order valence-corrected chi connectivity index (χ4v) is 5.70. The molecule has 0 radical (unpaired) electrons. The number of hydrogen-bond acceptors (Lipinski definition) is 6. The first-order valence-corrected chi connectivity index (χ1v) is 11.4. The van der Waals surface area contributed by atoms with Crippen LogP contribution in [0.1, 0.15) is 38.6 Å². The molecule has 1 unspecified atom stereocenters. The number of carbonyl (C=O) groups excluding carboxylic acids is 1. The number of hydrogen-bond donors (Lipinski definition) is 2. The average Bonchev–Trinajstić information content (AvgIpc) is 3.37. The molecular formula is C20H24N3O3S2+. The summed E-state index contributed by atoms with van der Waals surface area (Å²) in [5.74, 6) is 0.507. The predicted molar refractivity (Wildman–Crippen MR) is 112 cm³/mol. The number of aromatic amines is 1. The van der Waals surface area contributed by atoms with E-state index >= 15 is 0 Å².